The van der Waals surface area contributed by atoms with Crippen LogP contribution >= 0.6 is 0 Å². The zero-order valence-corrected chi connectivity index (χ0v) is 7.70. The molecule has 1 unspecified atom stereocenters. The van der Waals surface area contributed by atoms with Crippen LogP contribution in [0.3, 0.4) is 0 Å². The Labute approximate surface area is 82.6 Å². The molecular weight excluding hydrogens is 179 g/mol. The molecule has 1 atom stereocenters. The number of aliphatic hydroxyl groups excluding tert-OH is 1. The Hall–Kier alpha value is -1.33. The maximum absolute atomic E-state index is 13.1. The van der Waals surface area contributed by atoms with Gasteiger partial charge >= 0.3 is 0 Å². The molecule has 1 aliphatic carbocycles. The molecule has 0 heterocycles. The minimum Gasteiger partial charge on any atom is -0.380 e. The predicted molar refractivity (Wildman–Crippen MR) is 52.0 cm³/mol. The van der Waals surface area contributed by atoms with Crippen molar-refractivity contribution >= 4 is 0 Å². The lowest BCUT2D eigenvalue weighted by molar-refractivity contribution is 0.209. The topological polar surface area (TPSA) is 20.2 Å². The summed E-state index contributed by atoms with van der Waals surface area (Å²) in [6.07, 6.45) is 1.48. The largest absolute Gasteiger partial charge is 0.380 e. The predicted octanol–water partition coefficient (Wildman–Crippen LogP) is 1.95. The van der Waals surface area contributed by atoms with Crippen LogP contribution in [0.25, 0.3) is 0 Å². The van der Waals surface area contributed by atoms with Crippen LogP contribution in [0, 0.1) is 23.6 Å². The van der Waals surface area contributed by atoms with Gasteiger partial charge in [-0.25, -0.2) is 4.39 Å². The molecule has 2 heteroatoms. The van der Waals surface area contributed by atoms with E-state index >= 15 is 0 Å². The summed E-state index contributed by atoms with van der Waals surface area (Å²) in [5.74, 6) is 5.31. The third-order valence-electron chi connectivity index (χ3n) is 2.30. The minimum atomic E-state index is -0.588. The molecule has 1 nitrogen and oxygen atoms in total. The second kappa shape index (κ2) is 3.81. The number of aliphatic hydroxyl groups is 1. The molecule has 1 N–H and O–H groups in total. The van der Waals surface area contributed by atoms with Crippen molar-refractivity contribution in [2.45, 2.75) is 18.9 Å². The van der Waals surface area contributed by atoms with E-state index in [0.717, 1.165) is 12.8 Å². The van der Waals surface area contributed by atoms with Crippen LogP contribution in [-0.2, 0) is 0 Å². The Morgan fingerprint density at radius 2 is 2.07 bits per heavy atom. The van der Waals surface area contributed by atoms with Crippen LogP contribution in [0.15, 0.2) is 24.3 Å². The van der Waals surface area contributed by atoms with Gasteiger partial charge in [-0.15, -0.1) is 0 Å². The molecule has 0 saturated heterocycles. The molecule has 1 saturated carbocycles. The third kappa shape index (κ3) is 2.12. The van der Waals surface area contributed by atoms with E-state index in [1.165, 1.54) is 6.07 Å². The van der Waals surface area contributed by atoms with Crippen molar-refractivity contribution in [2.24, 2.45) is 5.92 Å². The first-order chi connectivity index (χ1) is 6.77. The number of hydrogen-bond donors (Lipinski definition) is 1. The van der Waals surface area contributed by atoms with Crippen LogP contribution in [0.1, 0.15) is 18.4 Å². The van der Waals surface area contributed by atoms with Crippen LogP contribution < -0.4 is 0 Å². The highest BCUT2D eigenvalue weighted by Crippen LogP contribution is 2.32. The van der Waals surface area contributed by atoms with Crippen molar-refractivity contribution in [1.29, 1.82) is 0 Å². The van der Waals surface area contributed by atoms with Gasteiger partial charge in [0.25, 0.3) is 0 Å². The monoisotopic (exact) mass is 190 g/mol. The fourth-order valence-electron chi connectivity index (χ4n) is 1.24. The van der Waals surface area contributed by atoms with Gasteiger partial charge in [-0.3, -0.25) is 0 Å². The van der Waals surface area contributed by atoms with Gasteiger partial charge in [-0.05, 0) is 30.9 Å². The molecule has 1 aliphatic rings. The van der Waals surface area contributed by atoms with Gasteiger partial charge < -0.3 is 5.11 Å². The Morgan fingerprint density at radius 1 is 1.36 bits per heavy atom. The second-order valence-corrected chi connectivity index (χ2v) is 3.53. The summed E-state index contributed by atoms with van der Waals surface area (Å²) in [6, 6.07) is 6.34. The molecule has 0 radical (unpaired) electrons. The van der Waals surface area contributed by atoms with E-state index in [9.17, 15) is 9.50 Å². The fraction of sp³-hybridized carbons (Fsp3) is 0.333. The van der Waals surface area contributed by atoms with E-state index < -0.39 is 6.10 Å². The average molecular weight is 190 g/mol. The van der Waals surface area contributed by atoms with E-state index in [2.05, 4.69) is 11.8 Å². The first-order valence-electron chi connectivity index (χ1n) is 4.71. The Bertz CT molecular complexity index is 385. The van der Waals surface area contributed by atoms with Crippen molar-refractivity contribution in [3.8, 4) is 11.8 Å². The van der Waals surface area contributed by atoms with Crippen LogP contribution in [0.2, 0.25) is 0 Å². The molecule has 72 valence electrons. The summed E-state index contributed by atoms with van der Waals surface area (Å²) >= 11 is 0. The van der Waals surface area contributed by atoms with Gasteiger partial charge in [0, 0.05) is 0 Å². The van der Waals surface area contributed by atoms with E-state index in [1.54, 1.807) is 18.2 Å². The highest BCUT2D eigenvalue weighted by Gasteiger charge is 2.28. The zero-order chi connectivity index (χ0) is 9.97. The number of hydrogen-bond acceptors (Lipinski definition) is 1. The standard InChI is InChI=1S/C12H11FO/c13-11-4-2-1-3-9(11)7-8-12(14)10-5-6-10/h1-4,10,12,14H,5-6H2. The zero-order valence-electron chi connectivity index (χ0n) is 7.70. The summed E-state index contributed by atoms with van der Waals surface area (Å²) in [6.45, 7) is 0. The van der Waals surface area contributed by atoms with Gasteiger partial charge in [0.2, 0.25) is 0 Å². The summed E-state index contributed by atoms with van der Waals surface area (Å²) in [7, 11) is 0. The Morgan fingerprint density at radius 3 is 2.71 bits per heavy atom. The number of benzene rings is 1. The van der Waals surface area contributed by atoms with E-state index in [4.69, 9.17) is 0 Å². The van der Waals surface area contributed by atoms with Gasteiger partial charge in [0.15, 0.2) is 0 Å². The lowest BCUT2D eigenvalue weighted by atomic mass is 10.2. The summed E-state index contributed by atoms with van der Waals surface area (Å²) < 4.78 is 13.1. The Balaban J connectivity index is 2.12. The van der Waals surface area contributed by atoms with E-state index in [0.29, 0.717) is 11.5 Å². The van der Waals surface area contributed by atoms with Crippen LogP contribution in [0.5, 0.6) is 0 Å². The minimum absolute atomic E-state index is 0.314. The van der Waals surface area contributed by atoms with Gasteiger partial charge in [-0.2, -0.15) is 0 Å². The van der Waals surface area contributed by atoms with Crippen molar-refractivity contribution < 1.29 is 9.50 Å². The maximum atomic E-state index is 13.1. The van der Waals surface area contributed by atoms with E-state index in [-0.39, 0.29) is 5.82 Å². The molecule has 0 aromatic heterocycles. The van der Waals surface area contributed by atoms with Gasteiger partial charge in [-0.1, -0.05) is 24.0 Å². The lowest BCUT2D eigenvalue weighted by Crippen LogP contribution is -2.04. The molecule has 1 aromatic carbocycles. The second-order valence-electron chi connectivity index (χ2n) is 3.53. The average Bonchev–Trinajstić information content (AvgIpc) is 2.99. The SMILES string of the molecule is OC(C#Cc1ccccc1F)C1CC1. The van der Waals surface area contributed by atoms with Crippen molar-refractivity contribution in [3.63, 3.8) is 0 Å². The molecule has 0 bridgehead atoms. The first-order valence-corrected chi connectivity index (χ1v) is 4.71. The van der Waals surface area contributed by atoms with Crippen LogP contribution in [0.4, 0.5) is 4.39 Å². The highest BCUT2D eigenvalue weighted by molar-refractivity contribution is 5.36. The highest BCUT2D eigenvalue weighted by atomic mass is 19.1. The molecular formula is C12H11FO. The smallest absolute Gasteiger partial charge is 0.138 e. The maximum Gasteiger partial charge on any atom is 0.138 e. The molecule has 2 rings (SSSR count). The summed E-state index contributed by atoms with van der Waals surface area (Å²) in [5.41, 5.74) is 0.354. The molecule has 0 aliphatic heterocycles. The van der Waals surface area contributed by atoms with Gasteiger partial charge in [0.05, 0.1) is 5.56 Å². The number of rotatable bonds is 1. The molecule has 14 heavy (non-hydrogen) atoms. The molecule has 0 amide bonds. The number of halogens is 1. The quantitative estimate of drug-likeness (QED) is 0.671. The lowest BCUT2D eigenvalue weighted by Gasteiger charge is -1.97. The van der Waals surface area contributed by atoms with Crippen LogP contribution in [-0.4, -0.2) is 11.2 Å². The summed E-state index contributed by atoms with van der Waals surface area (Å²) in [5, 5.41) is 9.45. The fourth-order valence-corrected chi connectivity index (χ4v) is 1.24. The normalized spacial score (nSPS) is 17.0. The van der Waals surface area contributed by atoms with Crippen molar-refractivity contribution in [2.75, 3.05) is 0 Å². The van der Waals surface area contributed by atoms with Crippen molar-refractivity contribution in [3.05, 3.63) is 35.6 Å². The van der Waals surface area contributed by atoms with Crippen molar-refractivity contribution in [1.82, 2.24) is 0 Å². The third-order valence-corrected chi connectivity index (χ3v) is 2.30. The molecule has 0 spiro atoms. The van der Waals surface area contributed by atoms with Gasteiger partial charge in [0.1, 0.15) is 11.9 Å². The Kier molecular flexibility index (Phi) is 2.51. The summed E-state index contributed by atoms with van der Waals surface area (Å²) in [4.78, 5) is 0. The molecule has 1 aromatic rings. The first kappa shape index (κ1) is 9.23. The molecule has 1 fully saturated rings. The van der Waals surface area contributed by atoms with E-state index in [1.807, 2.05) is 0 Å².